The Morgan fingerprint density at radius 2 is 1.72 bits per heavy atom. The number of amides is 2. The van der Waals surface area contributed by atoms with Crippen LogP contribution in [0, 0.1) is 0 Å². The van der Waals surface area contributed by atoms with E-state index in [0.29, 0.717) is 34.4 Å². The van der Waals surface area contributed by atoms with E-state index in [-0.39, 0.29) is 17.5 Å². The summed E-state index contributed by atoms with van der Waals surface area (Å²) >= 11 is 0. The van der Waals surface area contributed by atoms with E-state index in [9.17, 15) is 14.4 Å². The molecule has 1 aromatic heterocycles. The molecule has 7 nitrogen and oxygen atoms in total. The summed E-state index contributed by atoms with van der Waals surface area (Å²) in [5.41, 5.74) is 3.41. The van der Waals surface area contributed by atoms with Gasteiger partial charge in [-0.2, -0.15) is 0 Å². The van der Waals surface area contributed by atoms with Crippen LogP contribution in [-0.4, -0.2) is 28.3 Å². The predicted molar refractivity (Wildman–Crippen MR) is 125 cm³/mol. The van der Waals surface area contributed by atoms with E-state index in [1.807, 2.05) is 30.3 Å². The number of anilines is 1. The summed E-state index contributed by atoms with van der Waals surface area (Å²) in [7, 11) is 0. The van der Waals surface area contributed by atoms with Gasteiger partial charge < -0.3 is 15.6 Å². The number of carbonyl (C=O) groups is 2. The smallest absolute Gasteiger partial charge is 0.275 e. The van der Waals surface area contributed by atoms with Crippen molar-refractivity contribution in [2.75, 3.05) is 11.9 Å². The molecule has 7 heteroatoms. The number of carbonyl (C=O) groups excluding carboxylic acids is 2. The maximum atomic E-state index is 12.8. The molecule has 4 aromatic rings. The van der Waals surface area contributed by atoms with Crippen molar-refractivity contribution in [1.29, 1.82) is 0 Å². The number of fused-ring (bicyclic) bond motifs is 1. The summed E-state index contributed by atoms with van der Waals surface area (Å²) in [6, 6.07) is 21.9. The van der Waals surface area contributed by atoms with Gasteiger partial charge in [-0.1, -0.05) is 48.5 Å². The highest BCUT2D eigenvalue weighted by Gasteiger charge is 2.14. The Kier molecular flexibility index (Phi) is 6.07. The van der Waals surface area contributed by atoms with Crippen LogP contribution in [0.2, 0.25) is 0 Å². The highest BCUT2D eigenvalue weighted by molar-refractivity contribution is 5.98. The molecule has 0 unspecified atom stereocenters. The lowest BCUT2D eigenvalue weighted by atomic mass is 10.1. The molecule has 0 atom stereocenters. The molecule has 1 heterocycles. The van der Waals surface area contributed by atoms with Gasteiger partial charge in [-0.3, -0.25) is 14.4 Å². The molecular formula is C25H22N4O3. The van der Waals surface area contributed by atoms with Crippen LogP contribution in [0.15, 0.2) is 77.6 Å². The van der Waals surface area contributed by atoms with Crippen LogP contribution < -0.4 is 16.2 Å². The van der Waals surface area contributed by atoms with Gasteiger partial charge in [0.15, 0.2) is 0 Å². The van der Waals surface area contributed by atoms with Gasteiger partial charge in [0.2, 0.25) is 5.91 Å². The van der Waals surface area contributed by atoms with E-state index in [0.717, 1.165) is 12.0 Å². The number of hydrogen-bond acceptors (Lipinski definition) is 4. The highest BCUT2D eigenvalue weighted by Crippen LogP contribution is 2.25. The number of benzene rings is 3. The zero-order valence-corrected chi connectivity index (χ0v) is 17.5. The van der Waals surface area contributed by atoms with E-state index < -0.39 is 5.56 Å². The molecule has 3 aromatic carbocycles. The SMILES string of the molecule is CC(=O)Nc1ccccc1-c1nc2ccc(C(=O)NCCc3ccccc3)cc2[nH]c1=O. The maximum absolute atomic E-state index is 12.8. The number of aromatic amines is 1. The van der Waals surface area contributed by atoms with Crippen LogP contribution in [-0.2, 0) is 11.2 Å². The molecule has 0 aliphatic rings. The minimum atomic E-state index is -0.406. The summed E-state index contributed by atoms with van der Waals surface area (Å²) in [4.78, 5) is 44.1. The van der Waals surface area contributed by atoms with Gasteiger partial charge in [0.05, 0.1) is 16.7 Å². The fraction of sp³-hybridized carbons (Fsp3) is 0.120. The van der Waals surface area contributed by atoms with Crippen molar-refractivity contribution in [3.05, 3.63) is 94.3 Å². The summed E-state index contributed by atoms with van der Waals surface area (Å²) < 4.78 is 0. The van der Waals surface area contributed by atoms with Crippen molar-refractivity contribution in [3.63, 3.8) is 0 Å². The average molecular weight is 426 g/mol. The molecule has 0 aliphatic carbocycles. The van der Waals surface area contributed by atoms with Gasteiger partial charge in [-0.05, 0) is 36.2 Å². The normalized spacial score (nSPS) is 10.7. The van der Waals surface area contributed by atoms with Crippen molar-refractivity contribution in [3.8, 4) is 11.3 Å². The minimum Gasteiger partial charge on any atom is -0.352 e. The van der Waals surface area contributed by atoms with Gasteiger partial charge in [-0.15, -0.1) is 0 Å². The van der Waals surface area contributed by atoms with E-state index in [1.165, 1.54) is 6.92 Å². The number of nitrogens with one attached hydrogen (secondary N) is 3. The lowest BCUT2D eigenvalue weighted by Gasteiger charge is -2.10. The van der Waals surface area contributed by atoms with Gasteiger partial charge >= 0.3 is 0 Å². The third kappa shape index (κ3) is 4.73. The molecule has 3 N–H and O–H groups in total. The molecule has 2 amide bonds. The fourth-order valence-corrected chi connectivity index (χ4v) is 3.47. The summed E-state index contributed by atoms with van der Waals surface area (Å²) in [6.45, 7) is 1.91. The first-order chi connectivity index (χ1) is 15.5. The van der Waals surface area contributed by atoms with E-state index in [4.69, 9.17) is 0 Å². The maximum Gasteiger partial charge on any atom is 0.275 e. The molecule has 0 bridgehead atoms. The van der Waals surface area contributed by atoms with Crippen LogP contribution in [0.1, 0.15) is 22.8 Å². The second kappa shape index (κ2) is 9.26. The molecule has 0 fully saturated rings. The number of hydrogen-bond donors (Lipinski definition) is 3. The predicted octanol–water partition coefficient (Wildman–Crippen LogP) is 3.52. The summed E-state index contributed by atoms with van der Waals surface area (Å²) in [6.07, 6.45) is 0.732. The first-order valence-corrected chi connectivity index (χ1v) is 10.2. The van der Waals surface area contributed by atoms with Crippen LogP contribution in [0.4, 0.5) is 5.69 Å². The zero-order valence-electron chi connectivity index (χ0n) is 17.5. The molecule has 0 saturated carbocycles. The number of aromatic nitrogens is 2. The Bertz CT molecular complexity index is 1350. The van der Waals surface area contributed by atoms with Gasteiger partial charge in [0.25, 0.3) is 11.5 Å². The molecule has 0 aliphatic heterocycles. The highest BCUT2D eigenvalue weighted by atomic mass is 16.2. The third-order valence-electron chi connectivity index (χ3n) is 4.99. The van der Waals surface area contributed by atoms with E-state index in [2.05, 4.69) is 20.6 Å². The lowest BCUT2D eigenvalue weighted by Crippen LogP contribution is -2.25. The van der Waals surface area contributed by atoms with Crippen molar-refractivity contribution in [2.45, 2.75) is 13.3 Å². The molecule has 160 valence electrons. The number of para-hydroxylation sites is 1. The third-order valence-corrected chi connectivity index (χ3v) is 4.99. The minimum absolute atomic E-state index is 0.196. The van der Waals surface area contributed by atoms with Crippen LogP contribution in [0.25, 0.3) is 22.3 Å². The van der Waals surface area contributed by atoms with Crippen molar-refractivity contribution in [1.82, 2.24) is 15.3 Å². The van der Waals surface area contributed by atoms with E-state index in [1.54, 1.807) is 42.5 Å². The topological polar surface area (TPSA) is 104 Å². The summed E-state index contributed by atoms with van der Waals surface area (Å²) in [5.74, 6) is -0.457. The second-order valence-corrected chi connectivity index (χ2v) is 7.36. The average Bonchev–Trinajstić information content (AvgIpc) is 2.79. The van der Waals surface area contributed by atoms with Crippen molar-refractivity contribution >= 4 is 28.5 Å². The molecule has 0 saturated heterocycles. The van der Waals surface area contributed by atoms with Gasteiger partial charge in [0, 0.05) is 24.6 Å². The molecule has 0 spiro atoms. The van der Waals surface area contributed by atoms with Crippen LogP contribution >= 0.6 is 0 Å². The molecule has 0 radical (unpaired) electrons. The Labute approximate surface area is 184 Å². The number of nitrogens with zero attached hydrogens (tertiary/aromatic N) is 1. The van der Waals surface area contributed by atoms with Crippen molar-refractivity contribution < 1.29 is 9.59 Å². The quantitative estimate of drug-likeness (QED) is 0.439. The largest absolute Gasteiger partial charge is 0.352 e. The fourth-order valence-electron chi connectivity index (χ4n) is 3.47. The Morgan fingerprint density at radius 1 is 0.969 bits per heavy atom. The van der Waals surface area contributed by atoms with Crippen LogP contribution in [0.5, 0.6) is 0 Å². The monoisotopic (exact) mass is 426 g/mol. The lowest BCUT2D eigenvalue weighted by molar-refractivity contribution is -0.114. The van der Waals surface area contributed by atoms with Crippen molar-refractivity contribution in [2.24, 2.45) is 0 Å². The molecule has 32 heavy (non-hydrogen) atoms. The van der Waals surface area contributed by atoms with Gasteiger partial charge in [0.1, 0.15) is 5.69 Å². The van der Waals surface area contributed by atoms with E-state index >= 15 is 0 Å². The van der Waals surface area contributed by atoms with Gasteiger partial charge in [-0.25, -0.2) is 4.98 Å². The first-order valence-electron chi connectivity index (χ1n) is 10.2. The standard InChI is InChI=1S/C25H22N4O3/c1-16(30)27-20-10-6-5-9-19(20)23-25(32)29-22-15-18(11-12-21(22)28-23)24(31)26-14-13-17-7-3-2-4-8-17/h2-12,15H,13-14H2,1H3,(H,26,31)(H,27,30)(H,29,32). The number of H-pyrrole nitrogens is 1. The Balaban J connectivity index is 1.57. The summed E-state index contributed by atoms with van der Waals surface area (Å²) in [5, 5.41) is 5.62. The molecule has 4 rings (SSSR count). The second-order valence-electron chi connectivity index (χ2n) is 7.36. The molecular weight excluding hydrogens is 404 g/mol. The Morgan fingerprint density at radius 3 is 2.50 bits per heavy atom. The zero-order chi connectivity index (χ0) is 22.5. The number of rotatable bonds is 6. The van der Waals surface area contributed by atoms with Crippen LogP contribution in [0.3, 0.4) is 0 Å². The Hall–Kier alpha value is -4.26. The first kappa shape index (κ1) is 21.0.